The van der Waals surface area contributed by atoms with Gasteiger partial charge in [0.05, 0.1) is 13.2 Å². The predicted octanol–water partition coefficient (Wildman–Crippen LogP) is 4.78. The van der Waals surface area contributed by atoms with E-state index in [4.69, 9.17) is 15.3 Å². The highest BCUT2D eigenvalue weighted by Gasteiger charge is 2.14. The molecule has 0 radical (unpaired) electrons. The molecule has 0 bridgehead atoms. The first-order valence-corrected chi connectivity index (χ1v) is 13.4. The first-order chi connectivity index (χ1) is 15.5. The van der Waals surface area contributed by atoms with Crippen LogP contribution in [0.4, 0.5) is 0 Å². The maximum absolute atomic E-state index is 10.3. The Morgan fingerprint density at radius 2 is 1.00 bits per heavy atom. The lowest BCUT2D eigenvalue weighted by Crippen LogP contribution is -2.47. The van der Waals surface area contributed by atoms with Gasteiger partial charge in [0.1, 0.15) is 0 Å². The van der Waals surface area contributed by atoms with Crippen LogP contribution in [0.2, 0.25) is 0 Å². The van der Waals surface area contributed by atoms with Crippen molar-refractivity contribution >= 4 is 5.97 Å². The Hall–Kier alpha value is -0.690. The average Bonchev–Trinajstić information content (AvgIpc) is 2.76. The quantitative estimate of drug-likeness (QED) is 0.242. The Kier molecular flexibility index (Phi) is 23.0. The summed E-state index contributed by atoms with van der Waals surface area (Å²) in [4.78, 5) is 14.8. The molecule has 1 saturated heterocycles. The van der Waals surface area contributed by atoms with Crippen LogP contribution in [0.1, 0.15) is 104 Å². The zero-order valence-corrected chi connectivity index (χ0v) is 21.3. The molecule has 32 heavy (non-hydrogen) atoms. The third-order valence-electron chi connectivity index (χ3n) is 6.22. The number of rotatable bonds is 19. The highest BCUT2D eigenvalue weighted by atomic mass is 16.4. The number of nitrogens with zero attached hydrogens (tertiary/aromatic N) is 2. The molecular formula is C26H54N2O4. The summed E-state index contributed by atoms with van der Waals surface area (Å²) in [5, 5.41) is 25.9. The molecule has 0 atom stereocenters. The Morgan fingerprint density at radius 1 is 0.656 bits per heavy atom. The molecule has 1 heterocycles. The number of unbranched alkanes of at least 4 members (excludes halogenated alkanes) is 11. The summed E-state index contributed by atoms with van der Waals surface area (Å²) >= 11 is 0. The molecule has 3 N–H and O–H groups in total. The number of hydrogen-bond donors (Lipinski definition) is 3. The summed E-state index contributed by atoms with van der Waals surface area (Å²) in [6, 6.07) is 0. The molecule has 0 unspecified atom stereocenters. The monoisotopic (exact) mass is 458 g/mol. The van der Waals surface area contributed by atoms with Gasteiger partial charge < -0.3 is 15.3 Å². The van der Waals surface area contributed by atoms with Gasteiger partial charge in [-0.3, -0.25) is 14.6 Å². The van der Waals surface area contributed by atoms with Crippen LogP contribution in [0.3, 0.4) is 0 Å². The highest BCUT2D eigenvalue weighted by molar-refractivity contribution is 5.66. The first-order valence-electron chi connectivity index (χ1n) is 13.4. The second-order valence-corrected chi connectivity index (χ2v) is 9.70. The van der Waals surface area contributed by atoms with Gasteiger partial charge in [-0.25, -0.2) is 0 Å². The molecule has 1 rings (SSSR count). The van der Waals surface area contributed by atoms with E-state index >= 15 is 0 Å². The lowest BCUT2D eigenvalue weighted by molar-refractivity contribution is -0.137. The van der Waals surface area contributed by atoms with Gasteiger partial charge >= 0.3 is 5.97 Å². The normalized spacial score (nSPS) is 15.0. The van der Waals surface area contributed by atoms with Crippen molar-refractivity contribution < 1.29 is 20.1 Å². The lowest BCUT2D eigenvalue weighted by atomic mass is 10.0. The molecular weight excluding hydrogens is 404 g/mol. The lowest BCUT2D eigenvalue weighted by Gasteiger charge is -2.33. The predicted molar refractivity (Wildman–Crippen MR) is 134 cm³/mol. The number of piperazine rings is 1. The van der Waals surface area contributed by atoms with Crippen molar-refractivity contribution in [2.24, 2.45) is 5.92 Å². The topological polar surface area (TPSA) is 84.2 Å². The third kappa shape index (κ3) is 22.5. The van der Waals surface area contributed by atoms with E-state index in [0.717, 1.165) is 58.0 Å². The fraction of sp³-hybridized carbons (Fsp3) is 0.962. The van der Waals surface area contributed by atoms with Gasteiger partial charge in [0.15, 0.2) is 0 Å². The van der Waals surface area contributed by atoms with Crippen molar-refractivity contribution in [3.63, 3.8) is 0 Å². The van der Waals surface area contributed by atoms with Gasteiger partial charge in [-0.05, 0) is 12.3 Å². The van der Waals surface area contributed by atoms with Gasteiger partial charge in [-0.2, -0.15) is 0 Å². The molecule has 6 nitrogen and oxygen atoms in total. The fourth-order valence-corrected chi connectivity index (χ4v) is 4.12. The molecule has 0 aliphatic carbocycles. The van der Waals surface area contributed by atoms with E-state index in [-0.39, 0.29) is 13.2 Å². The maximum atomic E-state index is 10.3. The van der Waals surface area contributed by atoms with E-state index in [1.807, 2.05) is 0 Å². The van der Waals surface area contributed by atoms with Crippen LogP contribution in [-0.2, 0) is 4.79 Å². The Morgan fingerprint density at radius 3 is 1.31 bits per heavy atom. The van der Waals surface area contributed by atoms with Gasteiger partial charge in [0, 0.05) is 45.7 Å². The summed E-state index contributed by atoms with van der Waals surface area (Å²) in [6.45, 7) is 10.7. The average molecular weight is 459 g/mol. The molecule has 0 aromatic carbocycles. The van der Waals surface area contributed by atoms with Crippen LogP contribution < -0.4 is 0 Å². The van der Waals surface area contributed by atoms with Crippen LogP contribution >= 0.6 is 0 Å². The molecule has 0 aromatic heterocycles. The van der Waals surface area contributed by atoms with Crippen LogP contribution in [0.15, 0.2) is 0 Å². The molecule has 1 aliphatic rings. The minimum Gasteiger partial charge on any atom is -0.481 e. The second-order valence-electron chi connectivity index (χ2n) is 9.70. The number of hydrogen-bond acceptors (Lipinski definition) is 5. The number of aliphatic hydroxyl groups excluding tert-OH is 2. The summed E-state index contributed by atoms with van der Waals surface area (Å²) in [6.07, 6.45) is 17.3. The highest BCUT2D eigenvalue weighted by Crippen LogP contribution is 2.14. The number of carboxylic acids is 1. The van der Waals surface area contributed by atoms with Crippen LogP contribution in [0, 0.1) is 5.92 Å². The van der Waals surface area contributed by atoms with Crippen LogP contribution in [0.25, 0.3) is 0 Å². The minimum atomic E-state index is -0.654. The number of carboxylic acid groups (broad SMARTS) is 1. The van der Waals surface area contributed by atoms with Gasteiger partial charge in [0.2, 0.25) is 0 Å². The molecule has 0 aromatic rings. The van der Waals surface area contributed by atoms with E-state index in [0.29, 0.717) is 6.42 Å². The van der Waals surface area contributed by atoms with Crippen molar-refractivity contribution in [3.05, 3.63) is 0 Å². The van der Waals surface area contributed by atoms with Crippen molar-refractivity contribution in [2.75, 3.05) is 52.5 Å². The maximum Gasteiger partial charge on any atom is 0.303 e. The number of aliphatic hydroxyl groups is 2. The molecule has 192 valence electrons. The molecule has 0 saturated carbocycles. The summed E-state index contributed by atoms with van der Waals surface area (Å²) in [5.74, 6) is 0.212. The summed E-state index contributed by atoms with van der Waals surface area (Å²) < 4.78 is 0. The third-order valence-corrected chi connectivity index (χ3v) is 6.22. The zero-order valence-electron chi connectivity index (χ0n) is 21.3. The number of β-amino-alcohol motifs (C(OH)–C–C–N with tert-alkyl or cyclic N) is 2. The van der Waals surface area contributed by atoms with E-state index in [9.17, 15) is 4.79 Å². The van der Waals surface area contributed by atoms with Gasteiger partial charge in [0.25, 0.3) is 0 Å². The zero-order chi connectivity index (χ0) is 23.9. The summed E-state index contributed by atoms with van der Waals surface area (Å²) in [5.41, 5.74) is 0. The molecule has 1 aliphatic heterocycles. The van der Waals surface area contributed by atoms with Crippen molar-refractivity contribution in [1.82, 2.24) is 9.80 Å². The van der Waals surface area contributed by atoms with Crippen LogP contribution in [-0.4, -0.2) is 83.6 Å². The number of carbonyl (C=O) groups is 1. The molecule has 0 amide bonds. The second kappa shape index (κ2) is 23.5. The Labute approximate surface area is 198 Å². The summed E-state index contributed by atoms with van der Waals surface area (Å²) in [7, 11) is 0. The van der Waals surface area contributed by atoms with Crippen molar-refractivity contribution in [1.29, 1.82) is 0 Å². The Bertz CT molecular complexity index is 385. The minimum absolute atomic E-state index is 0.250. The van der Waals surface area contributed by atoms with Crippen LogP contribution in [0.5, 0.6) is 0 Å². The molecule has 0 spiro atoms. The van der Waals surface area contributed by atoms with E-state index in [1.54, 1.807) is 0 Å². The SMILES string of the molecule is CC(C)CCCCCCCCCCCCCCC(=O)O.OCCN1CCN(CCO)CC1. The van der Waals surface area contributed by atoms with Gasteiger partial charge in [-0.1, -0.05) is 90.9 Å². The van der Waals surface area contributed by atoms with Gasteiger partial charge in [-0.15, -0.1) is 0 Å². The van der Waals surface area contributed by atoms with E-state index in [2.05, 4.69) is 23.6 Å². The number of aliphatic carboxylic acids is 1. The van der Waals surface area contributed by atoms with E-state index < -0.39 is 5.97 Å². The standard InChI is InChI=1S/C18H36O2.C8H18N2O2/c1-17(2)15-13-11-9-7-5-3-4-6-8-10-12-14-16-18(19)20;11-7-5-9-1-2-10(4-3-9)6-8-12/h17H,3-16H2,1-2H3,(H,19,20);11-12H,1-8H2. The largest absolute Gasteiger partial charge is 0.481 e. The van der Waals surface area contributed by atoms with Crippen molar-refractivity contribution in [2.45, 2.75) is 104 Å². The van der Waals surface area contributed by atoms with E-state index in [1.165, 1.54) is 70.6 Å². The molecule has 1 fully saturated rings. The fourth-order valence-electron chi connectivity index (χ4n) is 4.12. The molecule has 6 heteroatoms. The van der Waals surface area contributed by atoms with Crippen molar-refractivity contribution in [3.8, 4) is 0 Å². The Balaban J connectivity index is 0.000000677. The smallest absolute Gasteiger partial charge is 0.303 e. The first kappa shape index (κ1) is 31.3.